The topological polar surface area (TPSA) is 71.8 Å². The number of hydrogen-bond acceptors (Lipinski definition) is 4. The summed E-state index contributed by atoms with van der Waals surface area (Å²) in [5, 5.41) is 10.0. The molecule has 0 saturated heterocycles. The lowest BCUT2D eigenvalue weighted by molar-refractivity contribution is 0.102. The number of rotatable bonds is 4. The lowest BCUT2D eigenvalue weighted by Gasteiger charge is -2.10. The van der Waals surface area contributed by atoms with Gasteiger partial charge in [-0.1, -0.05) is 0 Å². The molecule has 100 valence electrons. The Bertz CT molecular complexity index is 590. The Labute approximate surface area is 111 Å². The molecule has 2 aromatic rings. The molecule has 2 rings (SSSR count). The lowest BCUT2D eigenvalue weighted by Crippen LogP contribution is -2.16. The molecule has 0 atom stereocenters. The zero-order valence-electron chi connectivity index (χ0n) is 11.3. The maximum Gasteiger partial charge on any atom is 0.260 e. The van der Waals surface area contributed by atoms with E-state index in [0.29, 0.717) is 11.4 Å². The van der Waals surface area contributed by atoms with Gasteiger partial charge in [0.25, 0.3) is 5.91 Å². The second kappa shape index (κ2) is 5.51. The van der Waals surface area contributed by atoms with Crippen LogP contribution >= 0.6 is 0 Å². The third kappa shape index (κ3) is 3.09. The molecule has 2 heterocycles. The fraction of sp³-hybridized carbons (Fsp3) is 0.308. The van der Waals surface area contributed by atoms with E-state index in [0.717, 1.165) is 17.9 Å². The smallest absolute Gasteiger partial charge is 0.260 e. The van der Waals surface area contributed by atoms with E-state index >= 15 is 0 Å². The van der Waals surface area contributed by atoms with E-state index in [1.807, 2.05) is 19.9 Å². The Kier molecular flexibility index (Phi) is 3.79. The number of pyridine rings is 1. The summed E-state index contributed by atoms with van der Waals surface area (Å²) in [6.45, 7) is 4.62. The van der Waals surface area contributed by atoms with E-state index in [1.54, 1.807) is 30.2 Å². The molecule has 19 heavy (non-hydrogen) atoms. The van der Waals surface area contributed by atoms with E-state index < -0.39 is 0 Å². The number of anilines is 2. The normalized spacial score (nSPS) is 10.3. The molecule has 0 aromatic carbocycles. The number of amides is 1. The molecular formula is C13H17N5O. The highest BCUT2D eigenvalue weighted by atomic mass is 16.1. The van der Waals surface area contributed by atoms with Crippen LogP contribution < -0.4 is 10.6 Å². The number of hydrogen-bond donors (Lipinski definition) is 2. The molecule has 0 radical (unpaired) electrons. The fourth-order valence-electron chi connectivity index (χ4n) is 1.74. The van der Waals surface area contributed by atoms with Gasteiger partial charge in [0.2, 0.25) is 0 Å². The van der Waals surface area contributed by atoms with Crippen molar-refractivity contribution in [3.05, 3.63) is 35.8 Å². The van der Waals surface area contributed by atoms with Crippen LogP contribution in [0.15, 0.2) is 24.5 Å². The number of nitrogens with zero attached hydrogens (tertiary/aromatic N) is 3. The summed E-state index contributed by atoms with van der Waals surface area (Å²) in [4.78, 5) is 16.4. The van der Waals surface area contributed by atoms with Gasteiger partial charge in [-0.2, -0.15) is 5.10 Å². The first-order valence-corrected chi connectivity index (χ1v) is 6.11. The Hall–Kier alpha value is -2.37. The third-order valence-corrected chi connectivity index (χ3v) is 2.61. The molecule has 6 nitrogen and oxygen atoms in total. The molecule has 1 amide bonds. The SMILES string of the molecule is CCNc1cc(C)ncc1C(=O)Nc1ccn(C)n1. The molecule has 2 aromatic heterocycles. The molecule has 0 unspecified atom stereocenters. The highest BCUT2D eigenvalue weighted by Gasteiger charge is 2.13. The van der Waals surface area contributed by atoms with Gasteiger partial charge in [0.05, 0.1) is 11.3 Å². The van der Waals surface area contributed by atoms with Gasteiger partial charge in [-0.25, -0.2) is 0 Å². The molecule has 2 N–H and O–H groups in total. The maximum absolute atomic E-state index is 12.2. The van der Waals surface area contributed by atoms with E-state index in [-0.39, 0.29) is 5.91 Å². The largest absolute Gasteiger partial charge is 0.385 e. The van der Waals surface area contributed by atoms with Crippen molar-refractivity contribution < 1.29 is 4.79 Å². The van der Waals surface area contributed by atoms with Crippen LogP contribution in [0.2, 0.25) is 0 Å². The highest BCUT2D eigenvalue weighted by molar-refractivity contribution is 6.07. The van der Waals surface area contributed by atoms with Crippen molar-refractivity contribution in [2.24, 2.45) is 7.05 Å². The molecular weight excluding hydrogens is 242 g/mol. The summed E-state index contributed by atoms with van der Waals surface area (Å²) >= 11 is 0. The van der Waals surface area contributed by atoms with Crippen LogP contribution in [-0.4, -0.2) is 27.2 Å². The molecule has 0 aliphatic rings. The average molecular weight is 259 g/mol. The molecule has 0 bridgehead atoms. The zero-order chi connectivity index (χ0) is 13.8. The van der Waals surface area contributed by atoms with Gasteiger partial charge >= 0.3 is 0 Å². The monoisotopic (exact) mass is 259 g/mol. The molecule has 6 heteroatoms. The minimum Gasteiger partial charge on any atom is -0.385 e. The number of carbonyl (C=O) groups is 1. The Balaban J connectivity index is 2.23. The number of carbonyl (C=O) groups excluding carboxylic acids is 1. The molecule has 0 aliphatic carbocycles. The summed E-state index contributed by atoms with van der Waals surface area (Å²) in [5.74, 6) is 0.303. The lowest BCUT2D eigenvalue weighted by atomic mass is 10.2. The molecule has 0 aliphatic heterocycles. The first kappa shape index (κ1) is 13.1. The Morgan fingerprint density at radius 3 is 2.89 bits per heavy atom. The number of nitrogens with one attached hydrogen (secondary N) is 2. The Morgan fingerprint density at radius 1 is 1.47 bits per heavy atom. The fourth-order valence-corrected chi connectivity index (χ4v) is 1.74. The summed E-state index contributed by atoms with van der Waals surface area (Å²) in [7, 11) is 1.80. The van der Waals surface area contributed by atoms with E-state index in [2.05, 4.69) is 20.7 Å². The summed E-state index contributed by atoms with van der Waals surface area (Å²) in [5.41, 5.74) is 2.16. The summed E-state index contributed by atoms with van der Waals surface area (Å²) in [6.07, 6.45) is 3.35. The van der Waals surface area contributed by atoms with E-state index in [4.69, 9.17) is 0 Å². The van der Waals surface area contributed by atoms with Crippen LogP contribution in [0.4, 0.5) is 11.5 Å². The van der Waals surface area contributed by atoms with Crippen LogP contribution in [-0.2, 0) is 7.05 Å². The number of aryl methyl sites for hydroxylation is 2. The van der Waals surface area contributed by atoms with Crippen LogP contribution in [0.25, 0.3) is 0 Å². The van der Waals surface area contributed by atoms with Crippen LogP contribution in [0, 0.1) is 6.92 Å². The Morgan fingerprint density at radius 2 is 2.26 bits per heavy atom. The zero-order valence-corrected chi connectivity index (χ0v) is 11.3. The van der Waals surface area contributed by atoms with Crippen molar-refractivity contribution in [2.45, 2.75) is 13.8 Å². The van der Waals surface area contributed by atoms with E-state index in [9.17, 15) is 4.79 Å². The summed E-state index contributed by atoms with van der Waals surface area (Å²) < 4.78 is 1.63. The predicted molar refractivity (Wildman–Crippen MR) is 74.3 cm³/mol. The highest BCUT2D eigenvalue weighted by Crippen LogP contribution is 2.17. The molecule has 0 saturated carbocycles. The first-order valence-electron chi connectivity index (χ1n) is 6.11. The van der Waals surface area contributed by atoms with Crippen LogP contribution in [0.1, 0.15) is 23.0 Å². The first-order chi connectivity index (χ1) is 9.10. The quantitative estimate of drug-likeness (QED) is 0.878. The standard InChI is InChI=1S/C13H17N5O/c1-4-14-11-7-9(2)15-8-10(11)13(19)16-12-5-6-18(3)17-12/h5-8H,4H2,1-3H3,(H,14,15)(H,16,17,19). The minimum absolute atomic E-state index is 0.220. The average Bonchev–Trinajstić information content (AvgIpc) is 2.75. The van der Waals surface area contributed by atoms with Gasteiger partial charge in [-0.05, 0) is 19.9 Å². The van der Waals surface area contributed by atoms with Gasteiger partial charge < -0.3 is 10.6 Å². The minimum atomic E-state index is -0.220. The van der Waals surface area contributed by atoms with Crippen molar-refractivity contribution >= 4 is 17.4 Å². The van der Waals surface area contributed by atoms with Crippen LogP contribution in [0.3, 0.4) is 0 Å². The van der Waals surface area contributed by atoms with Crippen molar-refractivity contribution in [3.8, 4) is 0 Å². The van der Waals surface area contributed by atoms with Crippen LogP contribution in [0.5, 0.6) is 0 Å². The van der Waals surface area contributed by atoms with Crippen molar-refractivity contribution in [3.63, 3.8) is 0 Å². The van der Waals surface area contributed by atoms with Crippen molar-refractivity contribution in [1.82, 2.24) is 14.8 Å². The van der Waals surface area contributed by atoms with Crippen molar-refractivity contribution in [1.29, 1.82) is 0 Å². The molecule has 0 fully saturated rings. The van der Waals surface area contributed by atoms with E-state index in [1.165, 1.54) is 0 Å². The van der Waals surface area contributed by atoms with Gasteiger partial charge in [-0.15, -0.1) is 0 Å². The van der Waals surface area contributed by atoms with Gasteiger partial charge in [-0.3, -0.25) is 14.5 Å². The second-order valence-corrected chi connectivity index (χ2v) is 4.23. The van der Waals surface area contributed by atoms with Crippen molar-refractivity contribution in [2.75, 3.05) is 17.2 Å². The third-order valence-electron chi connectivity index (χ3n) is 2.61. The van der Waals surface area contributed by atoms with Gasteiger partial charge in [0, 0.05) is 37.7 Å². The summed E-state index contributed by atoms with van der Waals surface area (Å²) in [6, 6.07) is 3.60. The maximum atomic E-state index is 12.2. The van der Waals surface area contributed by atoms with Gasteiger partial charge in [0.1, 0.15) is 0 Å². The van der Waals surface area contributed by atoms with Gasteiger partial charge in [0.15, 0.2) is 5.82 Å². The molecule has 0 spiro atoms. The second-order valence-electron chi connectivity index (χ2n) is 4.23. The predicted octanol–water partition coefficient (Wildman–Crippen LogP) is 1.81. The number of aromatic nitrogens is 3.